The molecule has 0 N–H and O–H groups in total. The van der Waals surface area contributed by atoms with Gasteiger partial charge in [-0.25, -0.2) is 0 Å². The van der Waals surface area contributed by atoms with Crippen LogP contribution in [0.5, 0.6) is 5.75 Å². The minimum atomic E-state index is 0.120. The molecule has 0 aliphatic carbocycles. The fourth-order valence-corrected chi connectivity index (χ4v) is 2.14. The molecular formula is C12H14O3. The molecule has 3 atom stereocenters. The van der Waals surface area contributed by atoms with Gasteiger partial charge in [-0.2, -0.15) is 0 Å². The minimum absolute atomic E-state index is 0.120. The van der Waals surface area contributed by atoms with Gasteiger partial charge in [0.2, 0.25) is 0 Å². The number of epoxide rings is 1. The highest BCUT2D eigenvalue weighted by Gasteiger charge is 2.48. The Morgan fingerprint density at radius 2 is 2.07 bits per heavy atom. The maximum absolute atomic E-state index is 5.73. The first kappa shape index (κ1) is 9.19. The Hall–Kier alpha value is -1.06. The van der Waals surface area contributed by atoms with Crippen LogP contribution in [-0.2, 0) is 9.47 Å². The van der Waals surface area contributed by atoms with Crippen LogP contribution in [0, 0.1) is 0 Å². The summed E-state index contributed by atoms with van der Waals surface area (Å²) >= 11 is 0. The summed E-state index contributed by atoms with van der Waals surface area (Å²) in [6.07, 6.45) is 1.88. The van der Waals surface area contributed by atoms with Gasteiger partial charge in [-0.05, 0) is 24.1 Å². The number of ether oxygens (including phenoxy) is 3. The van der Waals surface area contributed by atoms with Gasteiger partial charge in [0.25, 0.3) is 0 Å². The Balaban J connectivity index is 1.79. The largest absolute Gasteiger partial charge is 0.497 e. The van der Waals surface area contributed by atoms with Gasteiger partial charge in [0, 0.05) is 0 Å². The van der Waals surface area contributed by atoms with Crippen molar-refractivity contribution in [3.8, 4) is 5.75 Å². The topological polar surface area (TPSA) is 31.0 Å². The molecule has 2 saturated heterocycles. The zero-order valence-electron chi connectivity index (χ0n) is 8.68. The van der Waals surface area contributed by atoms with Gasteiger partial charge in [-0.3, -0.25) is 0 Å². The van der Waals surface area contributed by atoms with Crippen molar-refractivity contribution in [3.05, 3.63) is 29.8 Å². The second-order valence-electron chi connectivity index (χ2n) is 3.99. The molecule has 3 heteroatoms. The normalized spacial score (nSPS) is 33.3. The van der Waals surface area contributed by atoms with Gasteiger partial charge in [0.1, 0.15) is 18.0 Å². The van der Waals surface area contributed by atoms with Crippen molar-refractivity contribution in [2.75, 3.05) is 13.7 Å². The molecule has 80 valence electrons. The van der Waals surface area contributed by atoms with Crippen LogP contribution in [0.4, 0.5) is 0 Å². The van der Waals surface area contributed by atoms with Gasteiger partial charge < -0.3 is 14.2 Å². The smallest absolute Gasteiger partial charge is 0.118 e. The molecule has 3 nitrogen and oxygen atoms in total. The fraction of sp³-hybridized carbons (Fsp3) is 0.500. The summed E-state index contributed by atoms with van der Waals surface area (Å²) in [5.74, 6) is 0.878. The molecule has 1 aromatic carbocycles. The van der Waals surface area contributed by atoms with Crippen molar-refractivity contribution in [2.24, 2.45) is 0 Å². The van der Waals surface area contributed by atoms with E-state index < -0.39 is 0 Å². The Morgan fingerprint density at radius 3 is 2.80 bits per heavy atom. The van der Waals surface area contributed by atoms with Crippen LogP contribution in [0.2, 0.25) is 0 Å². The van der Waals surface area contributed by atoms with Gasteiger partial charge in [0.15, 0.2) is 0 Å². The van der Waals surface area contributed by atoms with E-state index >= 15 is 0 Å². The van der Waals surface area contributed by atoms with E-state index in [9.17, 15) is 0 Å². The Bertz CT molecular complexity index is 346. The molecule has 1 aromatic rings. The van der Waals surface area contributed by atoms with E-state index in [0.29, 0.717) is 6.10 Å². The van der Waals surface area contributed by atoms with E-state index in [-0.39, 0.29) is 12.2 Å². The monoisotopic (exact) mass is 206 g/mol. The highest BCUT2D eigenvalue weighted by Crippen LogP contribution is 2.42. The number of hydrogen-bond acceptors (Lipinski definition) is 3. The molecule has 0 bridgehead atoms. The lowest BCUT2D eigenvalue weighted by molar-refractivity contribution is 0.0254. The first-order valence-electron chi connectivity index (χ1n) is 5.29. The van der Waals surface area contributed by atoms with E-state index in [1.165, 1.54) is 5.56 Å². The molecule has 0 unspecified atom stereocenters. The van der Waals surface area contributed by atoms with E-state index in [1.807, 2.05) is 24.3 Å². The van der Waals surface area contributed by atoms with Gasteiger partial charge >= 0.3 is 0 Å². The molecular weight excluding hydrogens is 192 g/mol. The predicted octanol–water partition coefficient (Wildman–Crippen LogP) is 1.92. The summed E-state index contributed by atoms with van der Waals surface area (Å²) in [4.78, 5) is 0. The second-order valence-corrected chi connectivity index (χ2v) is 3.99. The maximum Gasteiger partial charge on any atom is 0.118 e. The van der Waals surface area contributed by atoms with Crippen molar-refractivity contribution in [1.82, 2.24) is 0 Å². The van der Waals surface area contributed by atoms with E-state index in [0.717, 1.165) is 18.8 Å². The average Bonchev–Trinajstić information content (AvgIpc) is 3.08. The summed E-state index contributed by atoms with van der Waals surface area (Å²) in [5.41, 5.74) is 1.18. The molecule has 2 aliphatic heterocycles. The van der Waals surface area contributed by atoms with Gasteiger partial charge in [-0.15, -0.1) is 0 Å². The van der Waals surface area contributed by atoms with Crippen molar-refractivity contribution < 1.29 is 14.2 Å². The third-order valence-electron chi connectivity index (χ3n) is 3.06. The molecule has 0 amide bonds. The molecule has 2 heterocycles. The number of fused-ring (bicyclic) bond motifs is 1. The van der Waals surface area contributed by atoms with Crippen molar-refractivity contribution >= 4 is 0 Å². The average molecular weight is 206 g/mol. The standard InChI is InChI=1S/C12H14O3/c1-13-9-4-2-8(3-5-9)11-12-10(15-12)6-7-14-11/h2-5,10-12H,6-7H2,1H3/t10-,11-,12-/m1/s1. The van der Waals surface area contributed by atoms with Crippen LogP contribution >= 0.6 is 0 Å². The van der Waals surface area contributed by atoms with Crippen LogP contribution in [0.3, 0.4) is 0 Å². The fourth-order valence-electron chi connectivity index (χ4n) is 2.14. The highest BCUT2D eigenvalue weighted by molar-refractivity contribution is 5.30. The molecule has 0 spiro atoms. The van der Waals surface area contributed by atoms with Crippen LogP contribution in [0.15, 0.2) is 24.3 Å². The van der Waals surface area contributed by atoms with Crippen molar-refractivity contribution in [2.45, 2.75) is 24.7 Å². The third kappa shape index (κ3) is 1.62. The third-order valence-corrected chi connectivity index (χ3v) is 3.06. The Kier molecular flexibility index (Phi) is 2.15. The van der Waals surface area contributed by atoms with Crippen LogP contribution in [0.1, 0.15) is 18.1 Å². The minimum Gasteiger partial charge on any atom is -0.497 e. The zero-order chi connectivity index (χ0) is 10.3. The quantitative estimate of drug-likeness (QED) is 0.693. The summed E-state index contributed by atoms with van der Waals surface area (Å²) in [7, 11) is 1.67. The number of benzene rings is 1. The summed E-state index contributed by atoms with van der Waals surface area (Å²) in [6.45, 7) is 0.803. The molecule has 0 radical (unpaired) electrons. The van der Waals surface area contributed by atoms with Gasteiger partial charge in [0.05, 0.1) is 19.8 Å². The van der Waals surface area contributed by atoms with Crippen molar-refractivity contribution in [3.63, 3.8) is 0 Å². The van der Waals surface area contributed by atoms with Crippen LogP contribution in [-0.4, -0.2) is 25.9 Å². The highest BCUT2D eigenvalue weighted by atomic mass is 16.6. The first-order valence-corrected chi connectivity index (χ1v) is 5.29. The number of methoxy groups -OCH3 is 1. The Labute approximate surface area is 89.0 Å². The number of hydrogen-bond donors (Lipinski definition) is 0. The molecule has 3 rings (SSSR count). The lowest BCUT2D eigenvalue weighted by Crippen LogP contribution is -2.20. The van der Waals surface area contributed by atoms with E-state index in [4.69, 9.17) is 14.2 Å². The van der Waals surface area contributed by atoms with E-state index in [2.05, 4.69) is 0 Å². The summed E-state index contributed by atoms with van der Waals surface area (Å²) in [6, 6.07) is 8.02. The predicted molar refractivity (Wildman–Crippen MR) is 55.0 cm³/mol. The summed E-state index contributed by atoms with van der Waals surface area (Å²) < 4.78 is 16.4. The van der Waals surface area contributed by atoms with Crippen LogP contribution < -0.4 is 4.74 Å². The van der Waals surface area contributed by atoms with E-state index in [1.54, 1.807) is 7.11 Å². The molecule has 15 heavy (non-hydrogen) atoms. The zero-order valence-corrected chi connectivity index (χ0v) is 8.68. The number of rotatable bonds is 2. The Morgan fingerprint density at radius 1 is 1.27 bits per heavy atom. The SMILES string of the molecule is COc1ccc([C@H]2OCC[C@H]3O[C@@H]23)cc1. The van der Waals surface area contributed by atoms with Crippen LogP contribution in [0.25, 0.3) is 0 Å². The molecule has 2 fully saturated rings. The maximum atomic E-state index is 5.73. The van der Waals surface area contributed by atoms with Gasteiger partial charge in [-0.1, -0.05) is 12.1 Å². The second kappa shape index (κ2) is 3.51. The lowest BCUT2D eigenvalue weighted by Gasteiger charge is -2.19. The molecule has 0 aromatic heterocycles. The van der Waals surface area contributed by atoms with Crippen molar-refractivity contribution in [1.29, 1.82) is 0 Å². The molecule has 2 aliphatic rings. The molecule has 0 saturated carbocycles. The lowest BCUT2D eigenvalue weighted by atomic mass is 10.0. The summed E-state index contributed by atoms with van der Waals surface area (Å²) in [5, 5.41) is 0. The first-order chi connectivity index (χ1) is 7.38.